The summed E-state index contributed by atoms with van der Waals surface area (Å²) in [5.41, 5.74) is 0.755. The largest absolute Gasteiger partial charge is 0.481 e. The van der Waals surface area contributed by atoms with Crippen LogP contribution in [0.1, 0.15) is 32.6 Å². The van der Waals surface area contributed by atoms with E-state index >= 15 is 0 Å². The van der Waals surface area contributed by atoms with Gasteiger partial charge in [0.25, 0.3) is 0 Å². The molecular weight excluding hydrogens is 268 g/mol. The average molecular weight is 290 g/mol. The zero-order chi connectivity index (χ0) is 15.2. The first-order valence-corrected chi connectivity index (χ1v) is 7.48. The second kappa shape index (κ2) is 7.11. The summed E-state index contributed by atoms with van der Waals surface area (Å²) in [6.45, 7) is 2.97. The zero-order valence-electron chi connectivity index (χ0n) is 12.4. The van der Waals surface area contributed by atoms with E-state index in [1.807, 2.05) is 42.2 Å². The van der Waals surface area contributed by atoms with Crippen LogP contribution in [-0.2, 0) is 4.79 Å². The summed E-state index contributed by atoms with van der Waals surface area (Å²) in [4.78, 5) is 27.1. The molecule has 0 saturated heterocycles. The first-order chi connectivity index (χ1) is 10.1. The van der Waals surface area contributed by atoms with Gasteiger partial charge < -0.3 is 10.0 Å². The molecule has 2 amide bonds. The highest BCUT2D eigenvalue weighted by Gasteiger charge is 2.34. The molecule has 0 aromatic heterocycles. The normalized spacial score (nSPS) is 13.8. The van der Waals surface area contributed by atoms with Gasteiger partial charge in [-0.2, -0.15) is 0 Å². The lowest BCUT2D eigenvalue weighted by Gasteiger charge is -2.30. The Labute approximate surface area is 125 Å². The van der Waals surface area contributed by atoms with E-state index < -0.39 is 5.97 Å². The number of carbonyl (C=O) groups is 2. The fourth-order valence-corrected chi connectivity index (χ4v) is 2.37. The van der Waals surface area contributed by atoms with E-state index in [0.29, 0.717) is 6.04 Å². The van der Waals surface area contributed by atoms with E-state index in [0.717, 1.165) is 31.5 Å². The maximum Gasteiger partial charge on any atom is 0.324 e. The number of urea groups is 1. The van der Waals surface area contributed by atoms with Crippen LogP contribution in [0, 0.1) is 0 Å². The van der Waals surface area contributed by atoms with Gasteiger partial charge in [-0.1, -0.05) is 25.1 Å². The van der Waals surface area contributed by atoms with Crippen molar-refractivity contribution in [3.05, 3.63) is 30.3 Å². The van der Waals surface area contributed by atoms with E-state index in [2.05, 4.69) is 0 Å². The minimum Gasteiger partial charge on any atom is -0.481 e. The van der Waals surface area contributed by atoms with Gasteiger partial charge in [-0.3, -0.25) is 9.69 Å². The fraction of sp³-hybridized carbons (Fsp3) is 0.500. The molecule has 1 aromatic rings. The summed E-state index contributed by atoms with van der Waals surface area (Å²) in [5.74, 6) is -0.891. The van der Waals surface area contributed by atoms with Gasteiger partial charge in [0.05, 0.1) is 6.42 Å². The number of para-hydroxylation sites is 1. The summed E-state index contributed by atoms with van der Waals surface area (Å²) in [5, 5.41) is 8.90. The number of carbonyl (C=O) groups excluding carboxylic acids is 1. The minimum atomic E-state index is -0.891. The molecule has 0 heterocycles. The van der Waals surface area contributed by atoms with Crippen molar-refractivity contribution in [3.8, 4) is 0 Å². The van der Waals surface area contributed by atoms with E-state index in [9.17, 15) is 9.59 Å². The lowest BCUT2D eigenvalue weighted by atomic mass is 10.2. The van der Waals surface area contributed by atoms with E-state index in [1.54, 1.807) is 4.90 Å². The van der Waals surface area contributed by atoms with Crippen LogP contribution in [0.4, 0.5) is 10.5 Å². The van der Waals surface area contributed by atoms with Gasteiger partial charge in [-0.15, -0.1) is 0 Å². The summed E-state index contributed by atoms with van der Waals surface area (Å²) in [6, 6.07) is 9.54. The van der Waals surface area contributed by atoms with Crippen molar-refractivity contribution in [1.29, 1.82) is 0 Å². The number of hydrogen-bond donors (Lipinski definition) is 1. The molecule has 1 saturated carbocycles. The molecule has 0 radical (unpaired) electrons. The van der Waals surface area contributed by atoms with E-state index in [1.165, 1.54) is 0 Å². The Bertz CT molecular complexity index is 486. The third kappa shape index (κ3) is 4.21. The Morgan fingerprint density at radius 1 is 1.19 bits per heavy atom. The van der Waals surface area contributed by atoms with Crippen LogP contribution in [0.3, 0.4) is 0 Å². The Morgan fingerprint density at radius 3 is 2.38 bits per heavy atom. The van der Waals surface area contributed by atoms with E-state index in [-0.39, 0.29) is 19.0 Å². The molecule has 2 rings (SSSR count). The van der Waals surface area contributed by atoms with Crippen LogP contribution in [0.25, 0.3) is 0 Å². The van der Waals surface area contributed by atoms with Crippen molar-refractivity contribution in [2.75, 3.05) is 18.0 Å². The molecule has 0 aliphatic heterocycles. The number of rotatable bonds is 7. The van der Waals surface area contributed by atoms with Gasteiger partial charge in [0, 0.05) is 24.8 Å². The van der Waals surface area contributed by atoms with Crippen molar-refractivity contribution >= 4 is 17.7 Å². The van der Waals surface area contributed by atoms with Gasteiger partial charge in [0.1, 0.15) is 0 Å². The molecule has 5 nitrogen and oxygen atoms in total. The second-order valence-electron chi connectivity index (χ2n) is 5.34. The molecule has 0 spiro atoms. The first kappa shape index (κ1) is 15.4. The van der Waals surface area contributed by atoms with Gasteiger partial charge >= 0.3 is 12.0 Å². The lowest BCUT2D eigenvalue weighted by molar-refractivity contribution is -0.136. The Balaban J connectivity index is 2.16. The number of amides is 2. The van der Waals surface area contributed by atoms with Gasteiger partial charge in [0.2, 0.25) is 0 Å². The smallest absolute Gasteiger partial charge is 0.324 e. The summed E-state index contributed by atoms with van der Waals surface area (Å²) in [7, 11) is 0. The highest BCUT2D eigenvalue weighted by atomic mass is 16.4. The molecule has 1 aromatic carbocycles. The molecular formula is C16H22N2O3. The van der Waals surface area contributed by atoms with Crippen LogP contribution >= 0.6 is 0 Å². The molecule has 1 N–H and O–H groups in total. The molecule has 0 bridgehead atoms. The molecule has 1 aliphatic carbocycles. The van der Waals surface area contributed by atoms with Crippen LogP contribution in [0.5, 0.6) is 0 Å². The number of carboxylic acids is 1. The third-order valence-electron chi connectivity index (χ3n) is 3.55. The average Bonchev–Trinajstić information content (AvgIpc) is 3.30. The second-order valence-corrected chi connectivity index (χ2v) is 5.34. The third-order valence-corrected chi connectivity index (χ3v) is 3.55. The van der Waals surface area contributed by atoms with Crippen molar-refractivity contribution in [2.45, 2.75) is 38.6 Å². The number of carboxylic acid groups (broad SMARTS) is 1. The maximum absolute atomic E-state index is 12.8. The monoisotopic (exact) mass is 290 g/mol. The number of nitrogens with zero attached hydrogens (tertiary/aromatic N) is 2. The van der Waals surface area contributed by atoms with Gasteiger partial charge in [0.15, 0.2) is 0 Å². The van der Waals surface area contributed by atoms with Crippen LogP contribution < -0.4 is 4.90 Å². The Morgan fingerprint density at radius 2 is 1.86 bits per heavy atom. The fourth-order valence-electron chi connectivity index (χ4n) is 2.37. The van der Waals surface area contributed by atoms with E-state index in [4.69, 9.17) is 5.11 Å². The van der Waals surface area contributed by atoms with Crippen LogP contribution in [0.15, 0.2) is 30.3 Å². The molecule has 5 heteroatoms. The summed E-state index contributed by atoms with van der Waals surface area (Å²) < 4.78 is 0. The maximum atomic E-state index is 12.8. The quantitative estimate of drug-likeness (QED) is 0.839. The molecule has 0 atom stereocenters. The highest BCUT2D eigenvalue weighted by molar-refractivity contribution is 5.92. The predicted molar refractivity (Wildman–Crippen MR) is 81.5 cm³/mol. The standard InChI is InChI=1S/C16H22N2O3/c1-2-11-17(14-8-9-14)16(21)18(12-10-15(19)20)13-6-4-3-5-7-13/h3-7,14H,2,8-12H2,1H3,(H,19,20). The van der Waals surface area contributed by atoms with Crippen molar-refractivity contribution in [3.63, 3.8) is 0 Å². The van der Waals surface area contributed by atoms with Crippen molar-refractivity contribution < 1.29 is 14.7 Å². The van der Waals surface area contributed by atoms with Crippen molar-refractivity contribution in [2.24, 2.45) is 0 Å². The van der Waals surface area contributed by atoms with Crippen LogP contribution in [0.2, 0.25) is 0 Å². The first-order valence-electron chi connectivity index (χ1n) is 7.48. The number of aliphatic carboxylic acids is 1. The van der Waals surface area contributed by atoms with Crippen LogP contribution in [-0.4, -0.2) is 41.1 Å². The summed E-state index contributed by atoms with van der Waals surface area (Å²) >= 11 is 0. The molecule has 114 valence electrons. The molecule has 1 aliphatic rings. The molecule has 21 heavy (non-hydrogen) atoms. The Kier molecular flexibility index (Phi) is 5.20. The highest BCUT2D eigenvalue weighted by Crippen LogP contribution is 2.29. The summed E-state index contributed by atoms with van der Waals surface area (Å²) in [6.07, 6.45) is 2.95. The van der Waals surface area contributed by atoms with Gasteiger partial charge in [-0.25, -0.2) is 4.79 Å². The zero-order valence-corrected chi connectivity index (χ0v) is 12.4. The number of hydrogen-bond acceptors (Lipinski definition) is 2. The topological polar surface area (TPSA) is 60.9 Å². The molecule has 1 fully saturated rings. The Hall–Kier alpha value is -2.04. The van der Waals surface area contributed by atoms with Gasteiger partial charge in [-0.05, 0) is 31.4 Å². The lowest BCUT2D eigenvalue weighted by Crippen LogP contribution is -2.45. The molecule has 0 unspecified atom stereocenters. The van der Waals surface area contributed by atoms with Crippen molar-refractivity contribution in [1.82, 2.24) is 4.90 Å². The SMILES string of the molecule is CCCN(C(=O)N(CCC(=O)O)c1ccccc1)C1CC1. The minimum absolute atomic E-state index is 0.0503. The number of anilines is 1. The predicted octanol–water partition coefficient (Wildman–Crippen LogP) is 2.96. The number of benzene rings is 1.